The Morgan fingerprint density at radius 1 is 1.21 bits per heavy atom. The van der Waals surface area contributed by atoms with Gasteiger partial charge < -0.3 is 9.72 Å². The van der Waals surface area contributed by atoms with E-state index in [-0.39, 0.29) is 0 Å². The maximum absolute atomic E-state index is 5.41. The lowest BCUT2D eigenvalue weighted by molar-refractivity contribution is 0.481. The zero-order valence-corrected chi connectivity index (χ0v) is 7.40. The van der Waals surface area contributed by atoms with E-state index in [1.807, 2.05) is 30.6 Å². The molecule has 0 saturated heterocycles. The van der Waals surface area contributed by atoms with Gasteiger partial charge in [0.05, 0.1) is 6.20 Å². The third kappa shape index (κ3) is 0.956. The number of rotatable bonds is 0. The van der Waals surface area contributed by atoms with Gasteiger partial charge in [-0.3, -0.25) is 4.99 Å². The van der Waals surface area contributed by atoms with Crippen molar-refractivity contribution >= 4 is 17.1 Å². The van der Waals surface area contributed by atoms with Crippen molar-refractivity contribution in [2.45, 2.75) is 0 Å². The molecule has 1 aromatic heterocycles. The lowest BCUT2D eigenvalue weighted by atomic mass is 10.1. The van der Waals surface area contributed by atoms with Gasteiger partial charge in [0, 0.05) is 28.9 Å². The molecule has 0 radical (unpaired) electrons. The maximum atomic E-state index is 5.41. The van der Waals surface area contributed by atoms with Crippen LogP contribution in [0.1, 0.15) is 5.56 Å². The summed E-state index contributed by atoms with van der Waals surface area (Å²) in [7, 11) is 0. The van der Waals surface area contributed by atoms with E-state index in [1.54, 1.807) is 12.5 Å². The molecular formula is C11H8N2O. The Morgan fingerprint density at radius 2 is 2.21 bits per heavy atom. The normalized spacial score (nSPS) is 13.7. The highest BCUT2D eigenvalue weighted by atomic mass is 16.5. The zero-order chi connectivity index (χ0) is 9.38. The molecule has 0 bridgehead atoms. The van der Waals surface area contributed by atoms with Crippen molar-refractivity contribution in [2.24, 2.45) is 4.99 Å². The van der Waals surface area contributed by atoms with Gasteiger partial charge in [-0.2, -0.15) is 0 Å². The Balaban J connectivity index is 2.38. The van der Waals surface area contributed by atoms with Gasteiger partial charge in [0.1, 0.15) is 12.0 Å². The van der Waals surface area contributed by atoms with Gasteiger partial charge >= 0.3 is 0 Å². The van der Waals surface area contributed by atoms with Crippen molar-refractivity contribution in [3.63, 3.8) is 0 Å². The van der Waals surface area contributed by atoms with Crippen molar-refractivity contribution in [3.8, 4) is 5.75 Å². The van der Waals surface area contributed by atoms with E-state index in [9.17, 15) is 0 Å². The van der Waals surface area contributed by atoms with Gasteiger partial charge in [0.25, 0.3) is 0 Å². The van der Waals surface area contributed by atoms with Gasteiger partial charge in [0.15, 0.2) is 0 Å². The van der Waals surface area contributed by atoms with Crippen LogP contribution in [0.2, 0.25) is 0 Å². The number of hydrogen-bond donors (Lipinski definition) is 1. The van der Waals surface area contributed by atoms with Gasteiger partial charge in [-0.1, -0.05) is 0 Å². The molecule has 3 heteroatoms. The Bertz CT molecular complexity index is 537. The number of benzene rings is 1. The largest absolute Gasteiger partial charge is 0.463 e. The van der Waals surface area contributed by atoms with Crippen LogP contribution in [0.3, 0.4) is 0 Å². The third-order valence-electron chi connectivity index (χ3n) is 2.28. The number of nitrogens with one attached hydrogen (secondary N) is 1. The summed E-state index contributed by atoms with van der Waals surface area (Å²) in [6.07, 6.45) is 6.95. The first-order valence-electron chi connectivity index (χ1n) is 4.40. The number of hydrogen-bond acceptors (Lipinski definition) is 2. The molecule has 2 heterocycles. The van der Waals surface area contributed by atoms with E-state index in [0.717, 1.165) is 22.2 Å². The van der Waals surface area contributed by atoms with Crippen LogP contribution in [0.4, 0.5) is 0 Å². The van der Waals surface area contributed by atoms with Crippen LogP contribution in [-0.4, -0.2) is 11.2 Å². The summed E-state index contributed by atoms with van der Waals surface area (Å²) in [5.74, 6) is 0.842. The van der Waals surface area contributed by atoms with Crippen molar-refractivity contribution in [1.29, 1.82) is 0 Å². The number of aromatic nitrogens is 1. The van der Waals surface area contributed by atoms with Crippen molar-refractivity contribution in [2.75, 3.05) is 0 Å². The van der Waals surface area contributed by atoms with E-state index >= 15 is 0 Å². The average molecular weight is 184 g/mol. The van der Waals surface area contributed by atoms with Gasteiger partial charge in [0.2, 0.25) is 0 Å². The standard InChI is InChI=1S/C11H8N2O/c1-2-11-9(7-12-5-6-14-11)8-3-4-13-10(1)8/h1-7,13H. The fourth-order valence-electron chi connectivity index (χ4n) is 1.63. The monoisotopic (exact) mass is 184 g/mol. The lowest BCUT2D eigenvalue weighted by Crippen LogP contribution is -1.88. The Kier molecular flexibility index (Phi) is 1.44. The van der Waals surface area contributed by atoms with Crippen LogP contribution in [-0.2, 0) is 0 Å². The summed E-state index contributed by atoms with van der Waals surface area (Å²) < 4.78 is 5.41. The minimum absolute atomic E-state index is 0.842. The smallest absolute Gasteiger partial charge is 0.136 e. The van der Waals surface area contributed by atoms with E-state index in [2.05, 4.69) is 9.98 Å². The summed E-state index contributed by atoms with van der Waals surface area (Å²) in [5, 5.41) is 1.13. The van der Waals surface area contributed by atoms with Gasteiger partial charge in [-0.05, 0) is 18.2 Å². The topological polar surface area (TPSA) is 37.4 Å². The van der Waals surface area contributed by atoms with Crippen LogP contribution in [0, 0.1) is 0 Å². The molecule has 14 heavy (non-hydrogen) atoms. The van der Waals surface area contributed by atoms with E-state index < -0.39 is 0 Å². The third-order valence-corrected chi connectivity index (χ3v) is 2.28. The number of aliphatic imine (C=N–C) groups is 1. The van der Waals surface area contributed by atoms with Crippen molar-refractivity contribution < 1.29 is 4.74 Å². The average Bonchev–Trinajstić information content (AvgIpc) is 2.55. The Hall–Kier alpha value is -2.03. The summed E-state index contributed by atoms with van der Waals surface area (Å²) in [5.41, 5.74) is 2.12. The fourth-order valence-corrected chi connectivity index (χ4v) is 1.63. The van der Waals surface area contributed by atoms with Gasteiger partial charge in [-0.25, -0.2) is 0 Å². The predicted molar refractivity (Wildman–Crippen MR) is 55.7 cm³/mol. The molecular weight excluding hydrogens is 176 g/mol. The van der Waals surface area contributed by atoms with E-state index in [1.165, 1.54) is 0 Å². The summed E-state index contributed by atoms with van der Waals surface area (Å²) in [4.78, 5) is 7.25. The lowest BCUT2D eigenvalue weighted by Gasteiger charge is -2.03. The quantitative estimate of drug-likeness (QED) is 0.670. The molecule has 0 spiro atoms. The van der Waals surface area contributed by atoms with Crippen LogP contribution < -0.4 is 4.74 Å². The second kappa shape index (κ2) is 2.73. The molecule has 0 aliphatic carbocycles. The molecule has 3 nitrogen and oxygen atoms in total. The molecule has 0 unspecified atom stereocenters. The Labute approximate surface area is 80.7 Å². The fraction of sp³-hybridized carbons (Fsp3) is 0. The number of ether oxygens (including phenoxy) is 1. The van der Waals surface area contributed by atoms with Crippen LogP contribution >= 0.6 is 0 Å². The molecule has 0 atom stereocenters. The minimum Gasteiger partial charge on any atom is -0.463 e. The molecule has 2 aromatic rings. The molecule has 3 rings (SSSR count). The first kappa shape index (κ1) is 7.38. The summed E-state index contributed by atoms with van der Waals surface area (Å²) >= 11 is 0. The maximum Gasteiger partial charge on any atom is 0.136 e. The number of H-pyrrole nitrogens is 1. The molecule has 0 amide bonds. The molecule has 0 fully saturated rings. The van der Waals surface area contributed by atoms with Gasteiger partial charge in [-0.15, -0.1) is 0 Å². The highest BCUT2D eigenvalue weighted by Crippen LogP contribution is 2.27. The molecule has 1 aromatic carbocycles. The Morgan fingerprint density at radius 3 is 3.21 bits per heavy atom. The summed E-state index contributed by atoms with van der Waals surface area (Å²) in [6.45, 7) is 0. The van der Waals surface area contributed by atoms with Crippen LogP contribution in [0.5, 0.6) is 5.75 Å². The van der Waals surface area contributed by atoms with Crippen molar-refractivity contribution in [1.82, 2.24) is 4.98 Å². The van der Waals surface area contributed by atoms with Crippen LogP contribution in [0.25, 0.3) is 10.9 Å². The first-order valence-corrected chi connectivity index (χ1v) is 4.40. The minimum atomic E-state index is 0.842. The number of fused-ring (bicyclic) bond motifs is 3. The highest BCUT2D eigenvalue weighted by molar-refractivity contribution is 6.01. The first-order chi connectivity index (χ1) is 6.95. The number of aromatic amines is 1. The second-order valence-corrected chi connectivity index (χ2v) is 3.10. The van der Waals surface area contributed by atoms with Crippen LogP contribution in [0.15, 0.2) is 41.9 Å². The summed E-state index contributed by atoms with van der Waals surface area (Å²) in [6, 6.07) is 5.96. The zero-order valence-electron chi connectivity index (χ0n) is 7.40. The van der Waals surface area contributed by atoms with Crippen molar-refractivity contribution in [3.05, 3.63) is 42.4 Å². The van der Waals surface area contributed by atoms with E-state index in [0.29, 0.717) is 0 Å². The molecule has 1 aliphatic heterocycles. The SMILES string of the molecule is C1=COc2ccc3[nH]ccc3c2C=N1. The van der Waals surface area contributed by atoms with E-state index in [4.69, 9.17) is 4.74 Å². The molecule has 1 N–H and O–H groups in total. The molecule has 1 aliphatic rings. The molecule has 68 valence electrons. The molecule has 0 saturated carbocycles. The predicted octanol–water partition coefficient (Wildman–Crippen LogP) is 2.45. The highest BCUT2D eigenvalue weighted by Gasteiger charge is 2.07. The number of nitrogens with zero attached hydrogens (tertiary/aromatic N) is 1. The second-order valence-electron chi connectivity index (χ2n) is 3.10.